The first-order valence-corrected chi connectivity index (χ1v) is 9.17. The molecule has 0 amide bonds. The van der Waals surface area contributed by atoms with E-state index in [0.29, 0.717) is 11.8 Å². The molecule has 0 bridgehead atoms. The molecule has 154 valence electrons. The van der Waals surface area contributed by atoms with Gasteiger partial charge in [-0.3, -0.25) is 9.36 Å². The molecule has 4 aromatic rings. The molecule has 2 heterocycles. The third-order valence-corrected chi connectivity index (χ3v) is 4.97. The summed E-state index contributed by atoms with van der Waals surface area (Å²) in [5.74, 6) is -0.546. The van der Waals surface area contributed by atoms with Crippen molar-refractivity contribution in [1.29, 1.82) is 0 Å². The van der Waals surface area contributed by atoms with Crippen LogP contribution in [0.5, 0.6) is 0 Å². The highest BCUT2D eigenvalue weighted by Crippen LogP contribution is 2.36. The molecular formula is C22H17F4N3O. The Morgan fingerprint density at radius 1 is 1.00 bits per heavy atom. The Kier molecular flexibility index (Phi) is 4.72. The fourth-order valence-electron chi connectivity index (χ4n) is 3.50. The molecule has 0 aliphatic heterocycles. The first kappa shape index (κ1) is 19.9. The van der Waals surface area contributed by atoms with E-state index in [9.17, 15) is 22.4 Å². The lowest BCUT2D eigenvalue weighted by Crippen LogP contribution is -2.25. The van der Waals surface area contributed by atoms with Gasteiger partial charge in [0.05, 0.1) is 28.9 Å². The van der Waals surface area contributed by atoms with E-state index in [-0.39, 0.29) is 28.8 Å². The van der Waals surface area contributed by atoms with Gasteiger partial charge in [0.2, 0.25) is 0 Å². The van der Waals surface area contributed by atoms with E-state index in [1.165, 1.54) is 29.8 Å². The Hall–Kier alpha value is -3.42. The molecule has 2 aromatic carbocycles. The monoisotopic (exact) mass is 415 g/mol. The third-order valence-electron chi connectivity index (χ3n) is 4.97. The Morgan fingerprint density at radius 3 is 2.30 bits per heavy atom. The summed E-state index contributed by atoms with van der Waals surface area (Å²) < 4.78 is 57.8. The van der Waals surface area contributed by atoms with Crippen LogP contribution in [0.3, 0.4) is 0 Å². The van der Waals surface area contributed by atoms with Gasteiger partial charge in [-0.15, -0.1) is 0 Å². The number of fused-ring (bicyclic) bond motifs is 1. The van der Waals surface area contributed by atoms with Gasteiger partial charge in [0.25, 0.3) is 5.56 Å². The maximum absolute atomic E-state index is 14.2. The quantitative estimate of drug-likeness (QED) is 0.442. The van der Waals surface area contributed by atoms with Crippen LogP contribution in [-0.2, 0) is 12.7 Å². The first-order chi connectivity index (χ1) is 14.2. The van der Waals surface area contributed by atoms with E-state index in [2.05, 4.69) is 5.10 Å². The number of benzene rings is 2. The van der Waals surface area contributed by atoms with E-state index in [4.69, 9.17) is 0 Å². The van der Waals surface area contributed by atoms with Gasteiger partial charge in [-0.05, 0) is 32.0 Å². The lowest BCUT2D eigenvalue weighted by atomic mass is 10.1. The van der Waals surface area contributed by atoms with Gasteiger partial charge in [0.15, 0.2) is 0 Å². The van der Waals surface area contributed by atoms with Crippen molar-refractivity contribution in [1.82, 2.24) is 14.3 Å². The van der Waals surface area contributed by atoms with Gasteiger partial charge in [-0.25, -0.2) is 9.07 Å². The average molecular weight is 415 g/mol. The van der Waals surface area contributed by atoms with Crippen molar-refractivity contribution in [3.8, 4) is 5.69 Å². The van der Waals surface area contributed by atoms with Crippen molar-refractivity contribution < 1.29 is 17.6 Å². The van der Waals surface area contributed by atoms with Crippen LogP contribution >= 0.6 is 0 Å². The third kappa shape index (κ3) is 3.38. The molecule has 4 rings (SSSR count). The lowest BCUT2D eigenvalue weighted by Gasteiger charge is -2.15. The number of hydrogen-bond donors (Lipinski definition) is 0. The number of alkyl halides is 3. The Labute approximate surface area is 169 Å². The number of aryl methyl sites for hydroxylation is 2. The van der Waals surface area contributed by atoms with Gasteiger partial charge in [0, 0.05) is 11.6 Å². The number of halogens is 4. The highest BCUT2D eigenvalue weighted by Gasteiger charge is 2.36. The van der Waals surface area contributed by atoms with Crippen molar-refractivity contribution in [2.45, 2.75) is 26.6 Å². The predicted molar refractivity (Wildman–Crippen MR) is 105 cm³/mol. The fourth-order valence-corrected chi connectivity index (χ4v) is 3.50. The largest absolute Gasteiger partial charge is 0.417 e. The summed E-state index contributed by atoms with van der Waals surface area (Å²) >= 11 is 0. The minimum atomic E-state index is -4.74. The van der Waals surface area contributed by atoms with Crippen LogP contribution in [0, 0.1) is 19.7 Å². The van der Waals surface area contributed by atoms with Crippen molar-refractivity contribution in [2.24, 2.45) is 0 Å². The SMILES string of the molecule is Cc1ccc(-n2nc(C)c3c(C(F)(F)F)cc(=O)n(Cc4ccccc4F)c32)cc1. The summed E-state index contributed by atoms with van der Waals surface area (Å²) in [4.78, 5) is 12.8. The molecule has 2 aromatic heterocycles. The van der Waals surface area contributed by atoms with Crippen molar-refractivity contribution in [3.63, 3.8) is 0 Å². The molecule has 0 saturated carbocycles. The smallest absolute Gasteiger partial charge is 0.288 e. The average Bonchev–Trinajstić information content (AvgIpc) is 3.02. The molecule has 0 saturated heterocycles. The maximum Gasteiger partial charge on any atom is 0.417 e. The molecule has 0 N–H and O–H groups in total. The lowest BCUT2D eigenvalue weighted by molar-refractivity contribution is -0.136. The standard InChI is InChI=1S/C22H17F4N3O/c1-13-7-9-16(10-8-13)29-21-20(14(2)27-29)17(22(24,25)26)11-19(30)28(21)12-15-5-3-4-6-18(15)23/h3-11H,12H2,1-2H3. The summed E-state index contributed by atoms with van der Waals surface area (Å²) in [7, 11) is 0. The number of pyridine rings is 1. The summed E-state index contributed by atoms with van der Waals surface area (Å²) in [6, 6.07) is 13.4. The van der Waals surface area contributed by atoms with Gasteiger partial charge < -0.3 is 0 Å². The van der Waals surface area contributed by atoms with Crippen molar-refractivity contribution in [2.75, 3.05) is 0 Å². The molecule has 0 atom stereocenters. The number of nitrogens with zero attached hydrogens (tertiary/aromatic N) is 3. The Bertz CT molecular complexity index is 1300. The van der Waals surface area contributed by atoms with E-state index in [1.54, 1.807) is 30.3 Å². The summed E-state index contributed by atoms with van der Waals surface area (Å²) in [5, 5.41) is 4.11. The van der Waals surface area contributed by atoms with E-state index in [1.807, 2.05) is 6.92 Å². The number of aromatic nitrogens is 3. The molecule has 0 aliphatic rings. The number of hydrogen-bond acceptors (Lipinski definition) is 2. The molecule has 4 nitrogen and oxygen atoms in total. The van der Waals surface area contributed by atoms with Crippen LogP contribution in [0.2, 0.25) is 0 Å². The van der Waals surface area contributed by atoms with Crippen LogP contribution in [0.25, 0.3) is 16.7 Å². The Balaban J connectivity index is 2.08. The highest BCUT2D eigenvalue weighted by atomic mass is 19.4. The molecule has 8 heteroatoms. The van der Waals surface area contributed by atoms with Crippen LogP contribution in [-0.4, -0.2) is 14.3 Å². The van der Waals surface area contributed by atoms with Crippen molar-refractivity contribution in [3.05, 3.63) is 93.2 Å². The van der Waals surface area contributed by atoms with Gasteiger partial charge in [-0.1, -0.05) is 35.9 Å². The second-order valence-electron chi connectivity index (χ2n) is 7.10. The Morgan fingerprint density at radius 2 is 1.67 bits per heavy atom. The second kappa shape index (κ2) is 7.12. The molecule has 0 fully saturated rings. The zero-order valence-corrected chi connectivity index (χ0v) is 16.2. The highest BCUT2D eigenvalue weighted by molar-refractivity contribution is 5.84. The van der Waals surface area contributed by atoms with Crippen LogP contribution in [0.1, 0.15) is 22.4 Å². The summed E-state index contributed by atoms with van der Waals surface area (Å²) in [6.45, 7) is 3.11. The fraction of sp³-hybridized carbons (Fsp3) is 0.182. The van der Waals surface area contributed by atoms with Crippen LogP contribution in [0.4, 0.5) is 17.6 Å². The van der Waals surface area contributed by atoms with E-state index >= 15 is 0 Å². The summed E-state index contributed by atoms with van der Waals surface area (Å²) in [6.07, 6.45) is -4.74. The molecule has 0 unspecified atom stereocenters. The minimum absolute atomic E-state index is 0.0283. The molecule has 30 heavy (non-hydrogen) atoms. The number of rotatable bonds is 3. The normalized spacial score (nSPS) is 11.9. The predicted octanol–water partition coefficient (Wildman–Crippen LogP) is 5.01. The van der Waals surface area contributed by atoms with E-state index in [0.717, 1.165) is 10.1 Å². The molecule has 0 spiro atoms. The summed E-state index contributed by atoms with van der Waals surface area (Å²) in [5.41, 5.74) is -0.185. The minimum Gasteiger partial charge on any atom is -0.288 e. The van der Waals surface area contributed by atoms with Gasteiger partial charge >= 0.3 is 6.18 Å². The zero-order chi connectivity index (χ0) is 21.6. The van der Waals surface area contributed by atoms with Crippen LogP contribution < -0.4 is 5.56 Å². The van der Waals surface area contributed by atoms with E-state index < -0.39 is 23.1 Å². The molecular weight excluding hydrogens is 398 g/mol. The van der Waals surface area contributed by atoms with Crippen molar-refractivity contribution >= 4 is 11.0 Å². The second-order valence-corrected chi connectivity index (χ2v) is 7.10. The maximum atomic E-state index is 14.2. The molecule has 0 radical (unpaired) electrons. The van der Waals surface area contributed by atoms with Gasteiger partial charge in [0.1, 0.15) is 11.5 Å². The van der Waals surface area contributed by atoms with Gasteiger partial charge in [-0.2, -0.15) is 18.3 Å². The molecule has 0 aliphatic carbocycles. The topological polar surface area (TPSA) is 39.8 Å². The van der Waals surface area contributed by atoms with Crippen LogP contribution in [0.15, 0.2) is 59.4 Å². The zero-order valence-electron chi connectivity index (χ0n) is 16.2. The first-order valence-electron chi connectivity index (χ1n) is 9.17.